The Labute approximate surface area is 200 Å². The van der Waals surface area contributed by atoms with Gasteiger partial charge in [0.25, 0.3) is 0 Å². The van der Waals surface area contributed by atoms with Crippen LogP contribution in [0.25, 0.3) is 0 Å². The predicted molar refractivity (Wildman–Crippen MR) is 124 cm³/mol. The van der Waals surface area contributed by atoms with Crippen molar-refractivity contribution in [1.29, 1.82) is 0 Å². The summed E-state index contributed by atoms with van der Waals surface area (Å²) in [5.41, 5.74) is 0. The third kappa shape index (κ3) is 5.53. The van der Waals surface area contributed by atoms with Crippen LogP contribution in [0.5, 0.6) is 0 Å². The Morgan fingerprint density at radius 2 is 1.62 bits per heavy atom. The summed E-state index contributed by atoms with van der Waals surface area (Å²) in [6.07, 6.45) is 0.546. The van der Waals surface area contributed by atoms with E-state index in [9.17, 15) is 26.4 Å². The van der Waals surface area contributed by atoms with Gasteiger partial charge in [-0.2, -0.15) is 8.61 Å². The van der Waals surface area contributed by atoms with Gasteiger partial charge in [0, 0.05) is 45.3 Å². The molecule has 0 bridgehead atoms. The molecule has 11 nitrogen and oxygen atoms in total. The molecule has 34 heavy (non-hydrogen) atoms. The lowest BCUT2D eigenvalue weighted by Crippen LogP contribution is -2.48. The fourth-order valence-electron chi connectivity index (χ4n) is 4.39. The van der Waals surface area contributed by atoms with Crippen LogP contribution in [0, 0.1) is 5.92 Å². The Balaban J connectivity index is 1.68. The highest BCUT2D eigenvalue weighted by atomic mass is 32.2. The quantitative estimate of drug-likeness (QED) is 0.524. The molecule has 13 heteroatoms. The fourth-order valence-corrected chi connectivity index (χ4v) is 7.37. The van der Waals surface area contributed by atoms with Crippen molar-refractivity contribution in [3.8, 4) is 0 Å². The third-order valence-corrected chi connectivity index (χ3v) is 10.3. The molecule has 0 saturated carbocycles. The van der Waals surface area contributed by atoms with Crippen LogP contribution >= 0.6 is 0 Å². The van der Waals surface area contributed by atoms with Crippen molar-refractivity contribution in [2.45, 2.75) is 48.9 Å². The summed E-state index contributed by atoms with van der Waals surface area (Å²) in [5, 5.41) is 11.9. The molecule has 2 aliphatic heterocycles. The van der Waals surface area contributed by atoms with Crippen molar-refractivity contribution in [2.24, 2.45) is 5.92 Å². The van der Waals surface area contributed by atoms with Gasteiger partial charge in [0.15, 0.2) is 0 Å². The number of carboxylic acid groups (broad SMARTS) is 1. The van der Waals surface area contributed by atoms with Crippen LogP contribution in [-0.4, -0.2) is 92.8 Å². The maximum Gasteiger partial charge on any atom is 0.407 e. The Kier molecular flexibility index (Phi) is 8.22. The van der Waals surface area contributed by atoms with Gasteiger partial charge in [0.05, 0.1) is 15.7 Å². The number of likely N-dealkylation sites (tertiary alicyclic amines) is 1. The molecule has 2 unspecified atom stereocenters. The molecule has 0 radical (unpaired) electrons. The average Bonchev–Trinajstić information content (AvgIpc) is 3.29. The molecule has 190 valence electrons. The number of rotatable bonds is 8. The number of nitrogens with one attached hydrogen (secondary N) is 1. The Morgan fingerprint density at radius 3 is 2.18 bits per heavy atom. The van der Waals surface area contributed by atoms with Crippen LogP contribution in [0.4, 0.5) is 4.79 Å². The summed E-state index contributed by atoms with van der Waals surface area (Å²) in [7, 11) is -7.61. The van der Waals surface area contributed by atoms with Crippen molar-refractivity contribution in [3.63, 3.8) is 0 Å². The molecule has 0 spiro atoms. The third-order valence-electron chi connectivity index (χ3n) is 6.36. The van der Waals surface area contributed by atoms with E-state index in [1.165, 1.54) is 37.8 Å². The highest BCUT2D eigenvalue weighted by Gasteiger charge is 2.35. The van der Waals surface area contributed by atoms with Crippen molar-refractivity contribution < 1.29 is 31.5 Å². The van der Waals surface area contributed by atoms with E-state index in [0.29, 0.717) is 38.9 Å². The first-order chi connectivity index (χ1) is 16.0. The minimum atomic E-state index is -3.91. The average molecular weight is 517 g/mol. The zero-order valence-electron chi connectivity index (χ0n) is 19.4. The number of nitrogens with zero attached hydrogens (tertiary/aromatic N) is 3. The fraction of sp³-hybridized carbons (Fsp3) is 0.619. The van der Waals surface area contributed by atoms with Gasteiger partial charge in [0.1, 0.15) is 0 Å². The summed E-state index contributed by atoms with van der Waals surface area (Å²) in [6, 6.07) is 4.88. The first-order valence-electron chi connectivity index (χ1n) is 11.4. The molecule has 2 fully saturated rings. The van der Waals surface area contributed by atoms with E-state index in [2.05, 4.69) is 5.32 Å². The standard InChI is InChI=1S/C21H32N4O7S2/c1-3-24(4-2)33(29,30)18-7-9-19(10-8-18)34(31,32)25-12-5-6-16(14-25)20(26)22-17-11-13-23(15-17)21(27)28/h7-10,16-17H,3-6,11-15H2,1-2H3,(H,22,26)(H,27,28). The van der Waals surface area contributed by atoms with Gasteiger partial charge in [-0.15, -0.1) is 0 Å². The maximum absolute atomic E-state index is 13.2. The van der Waals surface area contributed by atoms with E-state index in [0.717, 1.165) is 0 Å². The lowest BCUT2D eigenvalue weighted by atomic mass is 9.98. The van der Waals surface area contributed by atoms with Gasteiger partial charge in [-0.25, -0.2) is 21.6 Å². The molecule has 2 aliphatic rings. The van der Waals surface area contributed by atoms with Crippen molar-refractivity contribution in [3.05, 3.63) is 24.3 Å². The predicted octanol–water partition coefficient (Wildman–Crippen LogP) is 0.986. The molecular weight excluding hydrogens is 484 g/mol. The van der Waals surface area contributed by atoms with E-state index in [4.69, 9.17) is 5.11 Å². The number of carbonyl (C=O) groups is 2. The number of hydrogen-bond donors (Lipinski definition) is 2. The van der Waals surface area contributed by atoms with Crippen LogP contribution in [0.15, 0.2) is 34.1 Å². The van der Waals surface area contributed by atoms with Crippen molar-refractivity contribution in [1.82, 2.24) is 18.8 Å². The zero-order chi connectivity index (χ0) is 25.1. The Hall–Kier alpha value is -2.22. The van der Waals surface area contributed by atoms with Gasteiger partial charge in [0.2, 0.25) is 26.0 Å². The van der Waals surface area contributed by atoms with E-state index in [1.54, 1.807) is 13.8 Å². The number of hydrogen-bond acceptors (Lipinski definition) is 6. The Morgan fingerprint density at radius 1 is 1.00 bits per heavy atom. The molecule has 2 amide bonds. The first kappa shape index (κ1) is 26.4. The van der Waals surface area contributed by atoms with Gasteiger partial charge in [-0.05, 0) is 43.5 Å². The van der Waals surface area contributed by atoms with Crippen molar-refractivity contribution in [2.75, 3.05) is 39.3 Å². The molecule has 1 aromatic rings. The molecule has 3 rings (SSSR count). The monoisotopic (exact) mass is 516 g/mol. The summed E-state index contributed by atoms with van der Waals surface area (Å²) >= 11 is 0. The zero-order valence-corrected chi connectivity index (χ0v) is 21.0. The molecule has 2 saturated heterocycles. The second-order valence-electron chi connectivity index (χ2n) is 8.49. The van der Waals surface area contributed by atoms with E-state index < -0.39 is 32.1 Å². The number of piperidine rings is 1. The summed E-state index contributed by atoms with van der Waals surface area (Å²) in [5.74, 6) is -0.817. The van der Waals surface area contributed by atoms with Gasteiger partial charge >= 0.3 is 6.09 Å². The van der Waals surface area contributed by atoms with Crippen LogP contribution in [0.1, 0.15) is 33.1 Å². The summed E-state index contributed by atoms with van der Waals surface area (Å²) < 4.78 is 54.2. The maximum atomic E-state index is 13.2. The van der Waals surface area contributed by atoms with E-state index in [1.807, 2.05) is 0 Å². The second-order valence-corrected chi connectivity index (χ2v) is 12.4. The molecule has 2 N–H and O–H groups in total. The summed E-state index contributed by atoms with van der Waals surface area (Å²) in [6.45, 7) is 4.95. The van der Waals surface area contributed by atoms with Gasteiger partial charge in [-0.3, -0.25) is 4.79 Å². The number of benzene rings is 1. The minimum Gasteiger partial charge on any atom is -0.465 e. The lowest BCUT2D eigenvalue weighted by molar-refractivity contribution is -0.126. The van der Waals surface area contributed by atoms with Crippen LogP contribution in [0.3, 0.4) is 0 Å². The normalized spacial score (nSPS) is 22.1. The first-order valence-corrected chi connectivity index (χ1v) is 14.3. The highest BCUT2D eigenvalue weighted by Crippen LogP contribution is 2.26. The minimum absolute atomic E-state index is 0.0169. The number of amides is 2. The summed E-state index contributed by atoms with van der Waals surface area (Å²) in [4.78, 5) is 25.1. The molecular formula is C21H32N4O7S2. The molecule has 2 heterocycles. The lowest BCUT2D eigenvalue weighted by Gasteiger charge is -2.32. The Bertz CT molecular complexity index is 1100. The van der Waals surface area contributed by atoms with Crippen LogP contribution < -0.4 is 5.32 Å². The van der Waals surface area contributed by atoms with E-state index >= 15 is 0 Å². The second kappa shape index (κ2) is 10.6. The van der Waals surface area contributed by atoms with Crippen LogP contribution in [-0.2, 0) is 24.8 Å². The van der Waals surface area contributed by atoms with Gasteiger partial charge < -0.3 is 15.3 Å². The highest BCUT2D eigenvalue weighted by molar-refractivity contribution is 7.89. The number of sulfonamides is 2. The topological polar surface area (TPSA) is 144 Å². The molecule has 0 aliphatic carbocycles. The SMILES string of the molecule is CCN(CC)S(=O)(=O)c1ccc(S(=O)(=O)N2CCCC(C(=O)NC3CCN(C(=O)O)C3)C2)cc1. The smallest absolute Gasteiger partial charge is 0.407 e. The molecule has 2 atom stereocenters. The van der Waals surface area contributed by atoms with Gasteiger partial charge in [-0.1, -0.05) is 13.8 Å². The van der Waals surface area contributed by atoms with E-state index in [-0.39, 0.29) is 41.4 Å². The van der Waals surface area contributed by atoms with Crippen LogP contribution in [0.2, 0.25) is 0 Å². The largest absolute Gasteiger partial charge is 0.465 e. The van der Waals surface area contributed by atoms with Crippen molar-refractivity contribution >= 4 is 32.0 Å². The molecule has 0 aromatic heterocycles. The number of carbonyl (C=O) groups excluding carboxylic acids is 1. The molecule has 1 aromatic carbocycles.